The van der Waals surface area contributed by atoms with Crippen LogP contribution in [0.5, 0.6) is 0 Å². The number of aliphatic imine (C=N–C) groups is 1. The second-order valence-electron chi connectivity index (χ2n) is 2.82. The number of thioether (sulfide) groups is 1. The minimum atomic E-state index is 0.625. The van der Waals surface area contributed by atoms with Crippen LogP contribution in [0.3, 0.4) is 0 Å². The molecule has 1 unspecified atom stereocenters. The molecule has 0 amide bonds. The predicted octanol–water partition coefficient (Wildman–Crippen LogP) is 1.96. The first-order valence-corrected chi connectivity index (χ1v) is 4.86. The van der Waals surface area contributed by atoms with Crippen LogP contribution in [0.1, 0.15) is 12.5 Å². The van der Waals surface area contributed by atoms with E-state index in [9.17, 15) is 0 Å². The molecule has 0 N–H and O–H groups in total. The fourth-order valence-corrected chi connectivity index (χ4v) is 2.06. The highest BCUT2D eigenvalue weighted by atomic mass is 32.2. The Bertz CT molecular complexity index is 295. The van der Waals surface area contributed by atoms with Crippen LogP contribution in [-0.2, 0) is 0 Å². The van der Waals surface area contributed by atoms with Crippen molar-refractivity contribution in [3.63, 3.8) is 0 Å². The lowest BCUT2D eigenvalue weighted by Crippen LogP contribution is -1.95. The Balaban J connectivity index is 2.22. The number of rotatable bonds is 1. The molecule has 0 saturated heterocycles. The molecule has 1 aliphatic heterocycles. The van der Waals surface area contributed by atoms with E-state index in [1.54, 1.807) is 6.20 Å². The van der Waals surface area contributed by atoms with Gasteiger partial charge in [0.25, 0.3) is 0 Å². The summed E-state index contributed by atoms with van der Waals surface area (Å²) in [6.07, 6.45) is 3.65. The highest BCUT2D eigenvalue weighted by Crippen LogP contribution is 2.24. The van der Waals surface area contributed by atoms with Crippen molar-refractivity contribution in [2.75, 3.05) is 6.54 Å². The molecule has 2 nitrogen and oxygen atoms in total. The molecule has 0 radical (unpaired) electrons. The fraction of sp³-hybridized carbons (Fsp3) is 0.333. The molecule has 0 aromatic carbocycles. The van der Waals surface area contributed by atoms with Crippen molar-refractivity contribution in [1.29, 1.82) is 0 Å². The Labute approximate surface area is 76.1 Å². The maximum absolute atomic E-state index is 4.43. The zero-order valence-electron chi connectivity index (χ0n) is 6.90. The number of hydrogen-bond donors (Lipinski definition) is 0. The maximum atomic E-state index is 4.43. The number of hydrogen-bond acceptors (Lipinski definition) is 3. The van der Waals surface area contributed by atoms with Gasteiger partial charge in [-0.3, -0.25) is 9.98 Å². The minimum Gasteiger partial charge on any atom is -0.277 e. The summed E-state index contributed by atoms with van der Waals surface area (Å²) in [7, 11) is 0. The Morgan fingerprint density at radius 3 is 3.08 bits per heavy atom. The lowest BCUT2D eigenvalue weighted by Gasteiger charge is -1.99. The smallest absolute Gasteiger partial charge is 0.0996 e. The van der Waals surface area contributed by atoms with Crippen molar-refractivity contribution in [3.8, 4) is 0 Å². The van der Waals surface area contributed by atoms with Gasteiger partial charge in [-0.25, -0.2) is 0 Å². The van der Waals surface area contributed by atoms with Crippen molar-refractivity contribution in [1.82, 2.24) is 4.98 Å². The average molecular weight is 178 g/mol. The number of aromatic nitrogens is 1. The van der Waals surface area contributed by atoms with Gasteiger partial charge in [-0.1, -0.05) is 6.92 Å². The van der Waals surface area contributed by atoms with Gasteiger partial charge in [0.05, 0.1) is 11.6 Å². The molecule has 0 saturated carbocycles. The minimum absolute atomic E-state index is 0.625. The molecule has 12 heavy (non-hydrogen) atoms. The van der Waals surface area contributed by atoms with E-state index in [0.29, 0.717) is 5.25 Å². The first-order valence-electron chi connectivity index (χ1n) is 3.98. The van der Waals surface area contributed by atoms with Crippen LogP contribution in [0.15, 0.2) is 29.5 Å². The molecule has 62 valence electrons. The third-order valence-electron chi connectivity index (χ3n) is 1.71. The van der Waals surface area contributed by atoms with Gasteiger partial charge in [-0.2, -0.15) is 0 Å². The first kappa shape index (κ1) is 7.80. The maximum Gasteiger partial charge on any atom is 0.0996 e. The summed E-state index contributed by atoms with van der Waals surface area (Å²) in [5.41, 5.74) is 1.15. The van der Waals surface area contributed by atoms with E-state index >= 15 is 0 Å². The Hall–Kier alpha value is -0.830. The summed E-state index contributed by atoms with van der Waals surface area (Å²) < 4.78 is 0. The largest absolute Gasteiger partial charge is 0.277 e. The van der Waals surface area contributed by atoms with Gasteiger partial charge in [0.2, 0.25) is 0 Å². The lowest BCUT2D eigenvalue weighted by atomic mass is 10.3. The van der Waals surface area contributed by atoms with Gasteiger partial charge >= 0.3 is 0 Å². The Morgan fingerprint density at radius 2 is 2.50 bits per heavy atom. The third kappa shape index (κ3) is 1.50. The normalized spacial score (nSPS) is 22.4. The van der Waals surface area contributed by atoms with Gasteiger partial charge in [-0.15, -0.1) is 11.8 Å². The first-order chi connectivity index (χ1) is 5.86. The van der Waals surface area contributed by atoms with Crippen LogP contribution in [0.4, 0.5) is 0 Å². The van der Waals surface area contributed by atoms with E-state index in [-0.39, 0.29) is 0 Å². The van der Waals surface area contributed by atoms with Crippen LogP contribution < -0.4 is 0 Å². The van der Waals surface area contributed by atoms with Crippen LogP contribution in [0, 0.1) is 0 Å². The molecular formula is C9H10N2S. The highest BCUT2D eigenvalue weighted by Gasteiger charge is 2.15. The number of pyridine rings is 1. The van der Waals surface area contributed by atoms with Crippen LogP contribution >= 0.6 is 11.8 Å². The van der Waals surface area contributed by atoms with E-state index in [1.807, 2.05) is 24.0 Å². The summed E-state index contributed by atoms with van der Waals surface area (Å²) in [6, 6.07) is 4.00. The summed E-state index contributed by atoms with van der Waals surface area (Å²) in [5, 5.41) is 1.76. The predicted molar refractivity (Wildman–Crippen MR) is 52.7 cm³/mol. The molecule has 1 aromatic rings. The summed E-state index contributed by atoms with van der Waals surface area (Å²) in [4.78, 5) is 8.49. The second-order valence-corrected chi connectivity index (χ2v) is 4.24. The van der Waals surface area contributed by atoms with Gasteiger partial charge in [0, 0.05) is 23.2 Å². The number of nitrogens with zero attached hydrogens (tertiary/aromatic N) is 2. The van der Waals surface area contributed by atoms with Crippen LogP contribution in [0.2, 0.25) is 0 Å². The van der Waals surface area contributed by atoms with Crippen LogP contribution in [0.25, 0.3) is 0 Å². The average Bonchev–Trinajstić information content (AvgIpc) is 2.54. The molecule has 0 fully saturated rings. The fourth-order valence-electron chi connectivity index (χ4n) is 1.13. The SMILES string of the molecule is CC1CN=C(c2cccnc2)S1. The molecular weight excluding hydrogens is 168 g/mol. The monoisotopic (exact) mass is 178 g/mol. The molecule has 0 spiro atoms. The molecule has 0 bridgehead atoms. The molecule has 2 heterocycles. The lowest BCUT2D eigenvalue weighted by molar-refractivity contribution is 0.976. The molecule has 1 aliphatic rings. The summed E-state index contributed by atoms with van der Waals surface area (Å²) in [5.74, 6) is 0. The van der Waals surface area contributed by atoms with E-state index in [4.69, 9.17) is 0 Å². The van der Waals surface area contributed by atoms with Crippen molar-refractivity contribution in [2.24, 2.45) is 4.99 Å². The zero-order chi connectivity index (χ0) is 8.39. The third-order valence-corrected chi connectivity index (χ3v) is 2.85. The van der Waals surface area contributed by atoms with Crippen LogP contribution in [-0.4, -0.2) is 21.8 Å². The van der Waals surface area contributed by atoms with E-state index in [0.717, 1.165) is 17.2 Å². The van der Waals surface area contributed by atoms with Crippen molar-refractivity contribution in [3.05, 3.63) is 30.1 Å². The van der Waals surface area contributed by atoms with E-state index in [1.165, 1.54) is 0 Å². The standard InChI is InChI=1S/C9H10N2S/c1-7-5-11-9(12-7)8-3-2-4-10-6-8/h2-4,6-7H,5H2,1H3. The van der Waals surface area contributed by atoms with Gasteiger partial charge < -0.3 is 0 Å². The molecule has 2 rings (SSSR count). The molecule has 0 aliphatic carbocycles. The Morgan fingerprint density at radius 1 is 1.58 bits per heavy atom. The topological polar surface area (TPSA) is 25.2 Å². The Kier molecular flexibility index (Phi) is 2.13. The van der Waals surface area contributed by atoms with Crippen molar-refractivity contribution >= 4 is 16.8 Å². The molecule has 1 aromatic heterocycles. The van der Waals surface area contributed by atoms with Gasteiger partial charge in [-0.05, 0) is 12.1 Å². The van der Waals surface area contributed by atoms with Crippen molar-refractivity contribution in [2.45, 2.75) is 12.2 Å². The molecule has 3 heteroatoms. The van der Waals surface area contributed by atoms with Gasteiger partial charge in [0.1, 0.15) is 0 Å². The quantitative estimate of drug-likeness (QED) is 0.657. The van der Waals surface area contributed by atoms with E-state index in [2.05, 4.69) is 23.0 Å². The van der Waals surface area contributed by atoms with E-state index < -0.39 is 0 Å². The van der Waals surface area contributed by atoms with Gasteiger partial charge in [0.15, 0.2) is 0 Å². The van der Waals surface area contributed by atoms with Crippen molar-refractivity contribution < 1.29 is 0 Å². The molecule has 1 atom stereocenters. The summed E-state index contributed by atoms with van der Waals surface area (Å²) >= 11 is 1.83. The summed E-state index contributed by atoms with van der Waals surface area (Å²) in [6.45, 7) is 3.13. The zero-order valence-corrected chi connectivity index (χ0v) is 7.71. The second kappa shape index (κ2) is 3.27. The highest BCUT2D eigenvalue weighted by molar-refractivity contribution is 8.15.